The molecule has 118 valence electrons. The Morgan fingerprint density at radius 1 is 1.23 bits per heavy atom. The predicted octanol–water partition coefficient (Wildman–Crippen LogP) is 4.04. The van der Waals surface area contributed by atoms with Crippen molar-refractivity contribution in [2.24, 2.45) is 5.73 Å². The molecule has 1 aromatic heterocycles. The first-order chi connectivity index (χ1) is 10.6. The normalized spacial score (nSPS) is 16.3. The van der Waals surface area contributed by atoms with Crippen LogP contribution >= 0.6 is 12.2 Å². The van der Waals surface area contributed by atoms with E-state index in [1.165, 1.54) is 31.4 Å². The van der Waals surface area contributed by atoms with Gasteiger partial charge < -0.3 is 10.3 Å². The van der Waals surface area contributed by atoms with Gasteiger partial charge in [-0.15, -0.1) is 0 Å². The number of imidazole rings is 1. The van der Waals surface area contributed by atoms with Crippen LogP contribution in [0.4, 0.5) is 8.78 Å². The highest BCUT2D eigenvalue weighted by Gasteiger charge is 2.23. The van der Waals surface area contributed by atoms with Gasteiger partial charge in [0.25, 0.3) is 0 Å². The van der Waals surface area contributed by atoms with Crippen molar-refractivity contribution in [2.45, 2.75) is 51.0 Å². The summed E-state index contributed by atoms with van der Waals surface area (Å²) in [5.74, 6) is -0.449. The molecule has 1 aliphatic carbocycles. The van der Waals surface area contributed by atoms with E-state index < -0.39 is 11.6 Å². The summed E-state index contributed by atoms with van der Waals surface area (Å²) in [6, 6.07) is 2.40. The van der Waals surface area contributed by atoms with Crippen LogP contribution in [0.25, 0.3) is 11.0 Å². The van der Waals surface area contributed by atoms with E-state index >= 15 is 0 Å². The lowest BCUT2D eigenvalue weighted by Gasteiger charge is -2.22. The van der Waals surface area contributed by atoms with Crippen LogP contribution in [0.15, 0.2) is 12.1 Å². The first-order valence-corrected chi connectivity index (χ1v) is 8.10. The van der Waals surface area contributed by atoms with Crippen LogP contribution in [-0.4, -0.2) is 14.5 Å². The fourth-order valence-corrected chi connectivity index (χ4v) is 3.36. The highest BCUT2D eigenvalue weighted by Crippen LogP contribution is 2.34. The number of fused-ring (bicyclic) bond motifs is 1. The molecule has 0 amide bonds. The maximum absolute atomic E-state index is 13.6. The molecule has 6 heteroatoms. The number of benzene rings is 1. The summed E-state index contributed by atoms with van der Waals surface area (Å²) in [5.41, 5.74) is 6.72. The number of hydrogen-bond acceptors (Lipinski definition) is 2. The molecule has 0 bridgehead atoms. The number of thiocarbonyl (C=S) groups is 1. The highest BCUT2D eigenvalue weighted by molar-refractivity contribution is 7.80. The van der Waals surface area contributed by atoms with E-state index in [1.807, 2.05) is 4.57 Å². The molecule has 1 aromatic carbocycles. The number of hydrogen-bond donors (Lipinski definition) is 1. The van der Waals surface area contributed by atoms with Gasteiger partial charge in [0.15, 0.2) is 11.6 Å². The molecule has 1 heterocycles. The topological polar surface area (TPSA) is 43.8 Å². The van der Waals surface area contributed by atoms with Gasteiger partial charge in [-0.2, -0.15) is 0 Å². The van der Waals surface area contributed by atoms with Gasteiger partial charge in [0.1, 0.15) is 5.82 Å². The molecule has 2 aromatic rings. The fourth-order valence-electron chi connectivity index (χ4n) is 3.27. The molecule has 0 saturated heterocycles. The van der Waals surface area contributed by atoms with Gasteiger partial charge in [0, 0.05) is 31.0 Å². The number of nitrogens with two attached hydrogens (primary N) is 1. The molecular weight excluding hydrogens is 304 g/mol. The van der Waals surface area contributed by atoms with E-state index in [4.69, 9.17) is 18.0 Å². The zero-order valence-corrected chi connectivity index (χ0v) is 13.1. The first-order valence-electron chi connectivity index (χ1n) is 7.69. The molecule has 0 spiro atoms. The van der Waals surface area contributed by atoms with Crippen LogP contribution in [0.2, 0.25) is 0 Å². The lowest BCUT2D eigenvalue weighted by atomic mass is 9.88. The van der Waals surface area contributed by atoms with Gasteiger partial charge in [-0.3, -0.25) is 0 Å². The molecular formula is C16H19F2N3S. The van der Waals surface area contributed by atoms with Crippen LogP contribution in [0, 0.1) is 11.6 Å². The van der Waals surface area contributed by atoms with Crippen molar-refractivity contribution in [3.05, 3.63) is 29.6 Å². The Morgan fingerprint density at radius 2 is 1.91 bits per heavy atom. The Labute approximate surface area is 133 Å². The second kappa shape index (κ2) is 6.28. The molecule has 0 unspecified atom stereocenters. The average molecular weight is 323 g/mol. The van der Waals surface area contributed by atoms with E-state index in [0.29, 0.717) is 34.9 Å². The minimum Gasteiger partial charge on any atom is -0.393 e. The van der Waals surface area contributed by atoms with Crippen LogP contribution in [0.1, 0.15) is 50.3 Å². The predicted molar refractivity (Wildman–Crippen MR) is 86.9 cm³/mol. The summed E-state index contributed by atoms with van der Waals surface area (Å²) < 4.78 is 29.1. The van der Waals surface area contributed by atoms with Gasteiger partial charge in [-0.25, -0.2) is 13.8 Å². The van der Waals surface area contributed by atoms with Crippen LogP contribution in [0.5, 0.6) is 0 Å². The van der Waals surface area contributed by atoms with Crippen molar-refractivity contribution >= 4 is 28.2 Å². The van der Waals surface area contributed by atoms with Gasteiger partial charge in [0.05, 0.1) is 16.0 Å². The summed E-state index contributed by atoms with van der Waals surface area (Å²) >= 11 is 4.95. The summed E-state index contributed by atoms with van der Waals surface area (Å²) in [6.07, 6.45) is 6.26. The van der Waals surface area contributed by atoms with Crippen molar-refractivity contribution < 1.29 is 8.78 Å². The quantitative estimate of drug-likeness (QED) is 0.864. The maximum Gasteiger partial charge on any atom is 0.161 e. The first kappa shape index (κ1) is 15.3. The van der Waals surface area contributed by atoms with Gasteiger partial charge in [0.2, 0.25) is 0 Å². The SMILES string of the molecule is NC(=S)CCn1c(C2CCCCC2)nc2cc(F)c(F)cc21. The second-order valence-corrected chi connectivity index (χ2v) is 6.45. The van der Waals surface area contributed by atoms with E-state index in [1.54, 1.807) is 0 Å². The molecule has 2 N–H and O–H groups in total. The summed E-state index contributed by atoms with van der Waals surface area (Å²) in [4.78, 5) is 5.00. The molecule has 1 aliphatic rings. The largest absolute Gasteiger partial charge is 0.393 e. The van der Waals surface area contributed by atoms with Crippen molar-refractivity contribution in [2.75, 3.05) is 0 Å². The van der Waals surface area contributed by atoms with Crippen LogP contribution in [0.3, 0.4) is 0 Å². The molecule has 1 saturated carbocycles. The lowest BCUT2D eigenvalue weighted by Crippen LogP contribution is -2.16. The molecule has 1 fully saturated rings. The zero-order valence-electron chi connectivity index (χ0n) is 12.3. The number of aryl methyl sites for hydroxylation is 1. The minimum absolute atomic E-state index is 0.346. The molecule has 3 nitrogen and oxygen atoms in total. The lowest BCUT2D eigenvalue weighted by molar-refractivity contribution is 0.417. The van der Waals surface area contributed by atoms with E-state index in [9.17, 15) is 8.78 Å². The standard InChI is InChI=1S/C16H19F2N3S/c17-11-8-13-14(9-12(11)18)21(7-6-15(19)22)16(20-13)10-4-2-1-3-5-10/h8-10H,1-7H2,(H2,19,22). The molecule has 3 rings (SSSR count). The summed E-state index contributed by atoms with van der Waals surface area (Å²) in [6.45, 7) is 0.558. The van der Waals surface area contributed by atoms with Crippen LogP contribution < -0.4 is 5.73 Å². The number of rotatable bonds is 4. The van der Waals surface area contributed by atoms with Gasteiger partial charge >= 0.3 is 0 Å². The smallest absolute Gasteiger partial charge is 0.161 e. The maximum atomic E-state index is 13.6. The third kappa shape index (κ3) is 2.97. The average Bonchev–Trinajstić information content (AvgIpc) is 2.84. The van der Waals surface area contributed by atoms with E-state index in [0.717, 1.165) is 18.7 Å². The number of halogens is 2. The van der Waals surface area contributed by atoms with Crippen molar-refractivity contribution in [3.63, 3.8) is 0 Å². The molecule has 0 aliphatic heterocycles. The third-order valence-electron chi connectivity index (χ3n) is 4.37. The van der Waals surface area contributed by atoms with Crippen molar-refractivity contribution in [3.8, 4) is 0 Å². The highest BCUT2D eigenvalue weighted by atomic mass is 32.1. The Kier molecular flexibility index (Phi) is 4.38. The van der Waals surface area contributed by atoms with E-state index in [-0.39, 0.29) is 0 Å². The number of aromatic nitrogens is 2. The van der Waals surface area contributed by atoms with Crippen LogP contribution in [-0.2, 0) is 6.54 Å². The summed E-state index contributed by atoms with van der Waals surface area (Å²) in [5, 5.41) is 0. The Bertz CT molecular complexity index is 705. The Balaban J connectivity index is 2.07. The Morgan fingerprint density at radius 3 is 2.59 bits per heavy atom. The van der Waals surface area contributed by atoms with Crippen molar-refractivity contribution in [1.82, 2.24) is 9.55 Å². The molecule has 0 atom stereocenters. The van der Waals surface area contributed by atoms with E-state index in [2.05, 4.69) is 4.98 Å². The summed E-state index contributed by atoms with van der Waals surface area (Å²) in [7, 11) is 0. The fraction of sp³-hybridized carbons (Fsp3) is 0.500. The number of nitrogens with zero attached hydrogens (tertiary/aromatic N) is 2. The van der Waals surface area contributed by atoms with Gasteiger partial charge in [-0.1, -0.05) is 31.5 Å². The van der Waals surface area contributed by atoms with Gasteiger partial charge in [-0.05, 0) is 12.8 Å². The third-order valence-corrected chi connectivity index (χ3v) is 4.58. The Hall–Kier alpha value is -1.56. The monoisotopic (exact) mass is 323 g/mol. The molecule has 22 heavy (non-hydrogen) atoms. The minimum atomic E-state index is -0.860. The molecule has 0 radical (unpaired) electrons. The second-order valence-electron chi connectivity index (χ2n) is 5.93. The zero-order chi connectivity index (χ0) is 15.7. The van der Waals surface area contributed by atoms with Crippen molar-refractivity contribution in [1.29, 1.82) is 0 Å².